The van der Waals surface area contributed by atoms with Crippen molar-refractivity contribution in [3.05, 3.63) is 88.8 Å². The first-order valence-corrected chi connectivity index (χ1v) is 11.8. The number of allylic oxidation sites excluding steroid dienone is 1. The van der Waals surface area contributed by atoms with E-state index in [0.717, 1.165) is 19.5 Å². The van der Waals surface area contributed by atoms with Crippen LogP contribution in [0.3, 0.4) is 0 Å². The molecule has 2 N–H and O–H groups in total. The molecule has 5 rings (SSSR count). The van der Waals surface area contributed by atoms with Crippen molar-refractivity contribution in [1.82, 2.24) is 10.2 Å². The Hall–Kier alpha value is -2.78. The van der Waals surface area contributed by atoms with E-state index in [1.165, 1.54) is 34.2 Å². The summed E-state index contributed by atoms with van der Waals surface area (Å²) in [6, 6.07) is 14.9. The summed E-state index contributed by atoms with van der Waals surface area (Å²) in [4.78, 5) is 2.65. The predicted molar refractivity (Wildman–Crippen MR) is 135 cm³/mol. The first kappa shape index (κ1) is 22.4. The summed E-state index contributed by atoms with van der Waals surface area (Å²) in [5, 5.41) is 12.9. The first-order valence-electron chi connectivity index (χ1n) is 11.8. The Morgan fingerprint density at radius 2 is 1.81 bits per heavy atom. The van der Waals surface area contributed by atoms with Crippen molar-refractivity contribution in [2.45, 2.75) is 52.0 Å². The molecule has 0 saturated carbocycles. The minimum atomic E-state index is 0.207. The van der Waals surface area contributed by atoms with Crippen LogP contribution in [0.15, 0.2) is 66.5 Å². The Labute approximate surface area is 193 Å². The fourth-order valence-corrected chi connectivity index (χ4v) is 5.37. The number of phenolic OH excluding ortho intramolecular Hbond substituents is 1. The molecule has 2 aromatic rings. The summed E-state index contributed by atoms with van der Waals surface area (Å²) >= 11 is 0. The summed E-state index contributed by atoms with van der Waals surface area (Å²) in [6.07, 6.45) is 12.6. The predicted octanol–water partition coefficient (Wildman–Crippen LogP) is 6.11. The van der Waals surface area contributed by atoms with Crippen molar-refractivity contribution in [2.75, 3.05) is 13.1 Å². The second-order valence-corrected chi connectivity index (χ2v) is 9.81. The average Bonchev–Trinajstić information content (AvgIpc) is 3.02. The molecule has 3 aliphatic rings. The van der Waals surface area contributed by atoms with Gasteiger partial charge in [0, 0.05) is 25.0 Å². The number of phenols is 1. The minimum Gasteiger partial charge on any atom is -0.508 e. The maximum Gasteiger partial charge on any atom is 0.115 e. The minimum absolute atomic E-state index is 0.207. The lowest BCUT2D eigenvalue weighted by molar-refractivity contribution is 0.0397. The van der Waals surface area contributed by atoms with Gasteiger partial charge in [-0.1, -0.05) is 55.8 Å². The van der Waals surface area contributed by atoms with E-state index < -0.39 is 0 Å². The van der Waals surface area contributed by atoms with Crippen LogP contribution < -0.4 is 5.32 Å². The van der Waals surface area contributed by atoms with Gasteiger partial charge >= 0.3 is 0 Å². The van der Waals surface area contributed by atoms with Crippen molar-refractivity contribution in [3.8, 4) is 5.75 Å². The highest BCUT2D eigenvalue weighted by Gasteiger charge is 2.48. The Morgan fingerprint density at radius 1 is 1.12 bits per heavy atom. The van der Waals surface area contributed by atoms with E-state index in [1.807, 2.05) is 36.7 Å². The molecule has 3 unspecified atom stereocenters. The van der Waals surface area contributed by atoms with Gasteiger partial charge in [-0.15, -0.1) is 0 Å². The zero-order chi connectivity index (χ0) is 22.7. The van der Waals surface area contributed by atoms with E-state index in [2.05, 4.69) is 74.3 Å². The van der Waals surface area contributed by atoms with Crippen molar-refractivity contribution >= 4 is 12.2 Å². The van der Waals surface area contributed by atoms with Gasteiger partial charge in [-0.25, -0.2) is 0 Å². The second-order valence-electron chi connectivity index (χ2n) is 9.81. The molecular weight excluding hydrogens is 392 g/mol. The quantitative estimate of drug-likeness (QED) is 0.566. The third-order valence-corrected chi connectivity index (χ3v) is 7.56. The van der Waals surface area contributed by atoms with Gasteiger partial charge in [0.25, 0.3) is 0 Å². The number of likely N-dealkylation sites (tertiary alicyclic amines) is 1. The molecule has 32 heavy (non-hydrogen) atoms. The maximum absolute atomic E-state index is 9.87. The van der Waals surface area contributed by atoms with Gasteiger partial charge in [-0.3, -0.25) is 4.90 Å². The average molecular weight is 429 g/mol. The zero-order valence-electron chi connectivity index (χ0n) is 19.8. The van der Waals surface area contributed by atoms with E-state index in [0.29, 0.717) is 17.7 Å². The van der Waals surface area contributed by atoms with Crippen LogP contribution in [0.2, 0.25) is 0 Å². The van der Waals surface area contributed by atoms with E-state index in [9.17, 15) is 5.11 Å². The Kier molecular flexibility index (Phi) is 6.57. The van der Waals surface area contributed by atoms with Gasteiger partial charge in [0.05, 0.1) is 0 Å². The van der Waals surface area contributed by atoms with Crippen LogP contribution in [-0.4, -0.2) is 29.1 Å². The molecular formula is C29H36N2O. The number of hydrogen-bond acceptors (Lipinski definition) is 3. The highest BCUT2D eigenvalue weighted by Crippen LogP contribution is 2.49. The molecule has 0 spiro atoms. The Bertz CT molecular complexity index is 1020. The van der Waals surface area contributed by atoms with Gasteiger partial charge in [-0.05, 0) is 91.1 Å². The molecule has 0 amide bonds. The first-order chi connectivity index (χ1) is 15.4. The topological polar surface area (TPSA) is 35.5 Å². The number of fused-ring (bicyclic) bond motifs is 5. The summed E-state index contributed by atoms with van der Waals surface area (Å²) < 4.78 is 0. The molecule has 2 aliphatic heterocycles. The second kappa shape index (κ2) is 9.38. The lowest BCUT2D eigenvalue weighted by Gasteiger charge is -2.54. The fourth-order valence-electron chi connectivity index (χ4n) is 5.37. The normalized spacial score (nSPS) is 25.4. The maximum atomic E-state index is 9.87. The summed E-state index contributed by atoms with van der Waals surface area (Å²) in [7, 11) is 0. The Morgan fingerprint density at radius 3 is 2.47 bits per heavy atom. The molecule has 0 aromatic heterocycles. The van der Waals surface area contributed by atoms with E-state index in [4.69, 9.17) is 0 Å². The molecule has 1 aliphatic carbocycles. The van der Waals surface area contributed by atoms with Crippen LogP contribution in [0.4, 0.5) is 0 Å². The third-order valence-electron chi connectivity index (χ3n) is 7.56. The number of benzene rings is 2. The summed E-state index contributed by atoms with van der Waals surface area (Å²) in [6.45, 7) is 11.4. The van der Waals surface area contributed by atoms with Crippen LogP contribution >= 0.6 is 0 Å². The largest absolute Gasteiger partial charge is 0.508 e. The number of hydrogen-bond donors (Lipinski definition) is 2. The number of nitrogens with one attached hydrogen (secondary N) is 1. The standard InChI is InChI=1S/C19H27NO.C10H9N/c1-13(2)7-9-20-10-8-19(4)14(3)18(20)11-15-5-6-16(21)12-17(15)19;1-2-4-10-6-8-11-7-5-9(10)3-1/h5-7,12,14,18,21H,8-11H2,1-4H3;1-8,11H. The monoisotopic (exact) mass is 428 g/mol. The molecule has 2 heterocycles. The van der Waals surface area contributed by atoms with Gasteiger partial charge in [0.15, 0.2) is 0 Å². The number of aromatic hydroxyl groups is 1. The number of piperidine rings is 1. The lowest BCUT2D eigenvalue weighted by atomic mass is 9.59. The summed E-state index contributed by atoms with van der Waals surface area (Å²) in [5.74, 6) is 1.04. The van der Waals surface area contributed by atoms with E-state index >= 15 is 0 Å². The van der Waals surface area contributed by atoms with E-state index in [-0.39, 0.29) is 5.41 Å². The fraction of sp³-hybridized carbons (Fsp3) is 0.379. The van der Waals surface area contributed by atoms with Gasteiger partial charge in [0.2, 0.25) is 0 Å². The molecule has 2 aromatic carbocycles. The SMILES string of the molecule is C1=Cc2ccccc2C=CN1.CC(C)=CCN1CCC2(C)c3cc(O)ccc3CC1C2C. The molecule has 3 heteroatoms. The number of nitrogens with zero attached hydrogens (tertiary/aromatic N) is 1. The Balaban J connectivity index is 0.000000186. The molecule has 2 bridgehead atoms. The van der Waals surface area contributed by atoms with Crippen molar-refractivity contribution < 1.29 is 5.11 Å². The lowest BCUT2D eigenvalue weighted by Crippen LogP contribution is -2.57. The van der Waals surface area contributed by atoms with Crippen molar-refractivity contribution in [2.24, 2.45) is 5.92 Å². The molecule has 168 valence electrons. The van der Waals surface area contributed by atoms with Crippen LogP contribution in [-0.2, 0) is 11.8 Å². The van der Waals surface area contributed by atoms with Crippen LogP contribution in [0, 0.1) is 5.92 Å². The highest BCUT2D eigenvalue weighted by molar-refractivity contribution is 5.66. The zero-order valence-corrected chi connectivity index (χ0v) is 19.8. The van der Waals surface area contributed by atoms with Crippen molar-refractivity contribution in [3.63, 3.8) is 0 Å². The van der Waals surface area contributed by atoms with Crippen molar-refractivity contribution in [1.29, 1.82) is 0 Å². The smallest absolute Gasteiger partial charge is 0.115 e. The van der Waals surface area contributed by atoms with Crippen LogP contribution in [0.25, 0.3) is 12.2 Å². The summed E-state index contributed by atoms with van der Waals surface area (Å²) in [5.41, 5.74) is 6.94. The molecule has 3 atom stereocenters. The van der Waals surface area contributed by atoms with Gasteiger partial charge in [-0.2, -0.15) is 0 Å². The van der Waals surface area contributed by atoms with Gasteiger partial charge in [0.1, 0.15) is 5.75 Å². The van der Waals surface area contributed by atoms with Gasteiger partial charge < -0.3 is 10.4 Å². The third kappa shape index (κ3) is 4.54. The van der Waals surface area contributed by atoms with E-state index in [1.54, 1.807) is 0 Å². The number of rotatable bonds is 2. The molecule has 1 fully saturated rings. The van der Waals surface area contributed by atoms with Crippen LogP contribution in [0.1, 0.15) is 56.4 Å². The molecule has 1 saturated heterocycles. The molecule has 0 radical (unpaired) electrons. The highest BCUT2D eigenvalue weighted by atomic mass is 16.3. The van der Waals surface area contributed by atoms with Crippen LogP contribution in [0.5, 0.6) is 5.75 Å². The molecule has 3 nitrogen and oxygen atoms in total.